The molecule has 0 unspecified atom stereocenters. The third-order valence-corrected chi connectivity index (χ3v) is 4.01. The lowest BCUT2D eigenvalue weighted by molar-refractivity contribution is -0.137. The van der Waals surface area contributed by atoms with Crippen LogP contribution in [-0.2, 0) is 17.5 Å². The maximum atomic E-state index is 12.5. The lowest BCUT2D eigenvalue weighted by Gasteiger charge is -2.36. The summed E-state index contributed by atoms with van der Waals surface area (Å²) in [6.45, 7) is 1.49. The van der Waals surface area contributed by atoms with E-state index in [2.05, 4.69) is 5.32 Å². The number of rotatable bonds is 4. The van der Waals surface area contributed by atoms with Crippen LogP contribution >= 0.6 is 0 Å². The van der Waals surface area contributed by atoms with Crippen LogP contribution in [0.2, 0.25) is 0 Å². The molecule has 1 saturated heterocycles. The first kappa shape index (κ1) is 17.7. The monoisotopic (exact) mass is 330 g/mol. The van der Waals surface area contributed by atoms with Crippen LogP contribution in [0.3, 0.4) is 0 Å². The predicted octanol–water partition coefficient (Wildman–Crippen LogP) is 2.17. The summed E-state index contributed by atoms with van der Waals surface area (Å²) in [7, 11) is 1.89. The highest BCUT2D eigenvalue weighted by Gasteiger charge is 2.34. The fraction of sp³-hybridized carbons (Fsp3) is 0.562. The molecule has 0 radical (unpaired) electrons. The minimum atomic E-state index is -4.36. The Bertz CT molecular complexity index is 545. The summed E-state index contributed by atoms with van der Waals surface area (Å²) < 4.78 is 37.4. The van der Waals surface area contributed by atoms with E-state index in [4.69, 9.17) is 0 Å². The number of likely N-dealkylation sites (N-methyl/N-ethyl adjacent to an activating group) is 1. The molecule has 1 heterocycles. The smallest absolute Gasteiger partial charge is 0.388 e. The maximum Gasteiger partial charge on any atom is 0.416 e. The zero-order valence-electron chi connectivity index (χ0n) is 13.0. The number of benzene rings is 1. The van der Waals surface area contributed by atoms with Crippen molar-refractivity contribution in [2.24, 2.45) is 0 Å². The molecule has 1 aliphatic rings. The van der Waals surface area contributed by atoms with Gasteiger partial charge in [-0.1, -0.05) is 12.1 Å². The molecule has 1 aromatic carbocycles. The molecule has 4 nitrogen and oxygen atoms in total. The van der Waals surface area contributed by atoms with E-state index in [0.29, 0.717) is 18.5 Å². The first-order chi connectivity index (χ1) is 10.7. The molecule has 1 amide bonds. The molecule has 1 atom stereocenters. The van der Waals surface area contributed by atoms with Crippen molar-refractivity contribution in [2.75, 3.05) is 20.1 Å². The van der Waals surface area contributed by atoms with Crippen molar-refractivity contribution < 1.29 is 23.1 Å². The van der Waals surface area contributed by atoms with Gasteiger partial charge in [0.05, 0.1) is 17.6 Å². The van der Waals surface area contributed by atoms with Gasteiger partial charge in [-0.2, -0.15) is 13.2 Å². The number of β-amino-alcohol motifs (C(OH)–C–C–N with tert-alkyl or cyclic N) is 1. The van der Waals surface area contributed by atoms with Gasteiger partial charge in [-0.3, -0.25) is 4.79 Å². The number of likely N-dealkylation sites (tertiary alicyclic amines) is 1. The van der Waals surface area contributed by atoms with E-state index in [9.17, 15) is 23.1 Å². The second-order valence-corrected chi connectivity index (χ2v) is 6.21. The Morgan fingerprint density at radius 3 is 2.57 bits per heavy atom. The third kappa shape index (κ3) is 5.21. The highest BCUT2D eigenvalue weighted by atomic mass is 19.4. The molecule has 0 bridgehead atoms. The highest BCUT2D eigenvalue weighted by molar-refractivity contribution is 5.77. The Labute approximate surface area is 133 Å². The molecule has 0 aliphatic carbocycles. The van der Waals surface area contributed by atoms with Crippen LogP contribution in [0, 0.1) is 0 Å². The van der Waals surface area contributed by atoms with Crippen molar-refractivity contribution >= 4 is 5.91 Å². The minimum Gasteiger partial charge on any atom is -0.388 e. The van der Waals surface area contributed by atoms with Crippen molar-refractivity contribution in [3.8, 4) is 0 Å². The fourth-order valence-corrected chi connectivity index (χ4v) is 2.86. The second kappa shape index (κ2) is 6.88. The standard InChI is InChI=1S/C16H21F3N2O2/c1-21-8-2-7-15(23,11-21)9-14(22)20-10-12-3-5-13(6-4-12)16(17,18)19/h3-6,23H,2,7-11H2,1H3,(H,20,22)/t15-/m1/s1. The van der Waals surface area contributed by atoms with E-state index in [1.54, 1.807) is 0 Å². The molecule has 2 N–H and O–H groups in total. The number of alkyl halides is 3. The number of piperidine rings is 1. The first-order valence-electron chi connectivity index (χ1n) is 7.52. The van der Waals surface area contributed by atoms with E-state index in [-0.39, 0.29) is 18.9 Å². The van der Waals surface area contributed by atoms with E-state index in [1.807, 2.05) is 11.9 Å². The lowest BCUT2D eigenvalue weighted by Crippen LogP contribution is -2.49. The van der Waals surface area contributed by atoms with Crippen LogP contribution in [0.5, 0.6) is 0 Å². The van der Waals surface area contributed by atoms with Crippen LogP contribution < -0.4 is 5.32 Å². The Hall–Kier alpha value is -1.60. The minimum absolute atomic E-state index is 0.00201. The Kier molecular flexibility index (Phi) is 5.31. The molecule has 2 rings (SSSR count). The van der Waals surface area contributed by atoms with Gasteiger partial charge in [0.15, 0.2) is 0 Å². The summed E-state index contributed by atoms with van der Waals surface area (Å²) in [4.78, 5) is 13.9. The number of carbonyl (C=O) groups excluding carboxylic acids is 1. The predicted molar refractivity (Wildman–Crippen MR) is 79.6 cm³/mol. The zero-order valence-corrected chi connectivity index (χ0v) is 13.0. The fourth-order valence-electron chi connectivity index (χ4n) is 2.86. The van der Waals surface area contributed by atoms with Crippen molar-refractivity contribution in [1.82, 2.24) is 10.2 Å². The summed E-state index contributed by atoms with van der Waals surface area (Å²) >= 11 is 0. The largest absolute Gasteiger partial charge is 0.416 e. The number of aliphatic hydroxyl groups is 1. The van der Waals surface area contributed by atoms with Gasteiger partial charge in [0, 0.05) is 13.1 Å². The van der Waals surface area contributed by atoms with Gasteiger partial charge in [0.25, 0.3) is 0 Å². The van der Waals surface area contributed by atoms with Crippen LogP contribution in [0.1, 0.15) is 30.4 Å². The number of nitrogens with one attached hydrogen (secondary N) is 1. The maximum absolute atomic E-state index is 12.5. The molecule has 1 aromatic rings. The number of halogens is 3. The van der Waals surface area contributed by atoms with Gasteiger partial charge in [0.1, 0.15) is 0 Å². The zero-order chi connectivity index (χ0) is 17.1. The van der Waals surface area contributed by atoms with Gasteiger partial charge in [-0.05, 0) is 44.1 Å². The summed E-state index contributed by atoms with van der Waals surface area (Å²) in [5, 5.41) is 13.1. The van der Waals surface area contributed by atoms with Crippen molar-refractivity contribution in [3.63, 3.8) is 0 Å². The molecule has 1 fully saturated rings. The molecular weight excluding hydrogens is 309 g/mol. The average Bonchev–Trinajstić information content (AvgIpc) is 2.44. The lowest BCUT2D eigenvalue weighted by atomic mass is 9.89. The molecule has 0 spiro atoms. The highest BCUT2D eigenvalue weighted by Crippen LogP contribution is 2.29. The number of carbonyl (C=O) groups is 1. The molecular formula is C16H21F3N2O2. The summed E-state index contributed by atoms with van der Waals surface area (Å²) in [5.41, 5.74) is -1.16. The average molecular weight is 330 g/mol. The van der Waals surface area contributed by atoms with Crippen molar-refractivity contribution in [1.29, 1.82) is 0 Å². The number of hydrogen-bond donors (Lipinski definition) is 2. The quantitative estimate of drug-likeness (QED) is 0.890. The number of amides is 1. The van der Waals surface area contributed by atoms with E-state index in [0.717, 1.165) is 25.1 Å². The van der Waals surface area contributed by atoms with Crippen LogP contribution in [0.25, 0.3) is 0 Å². The van der Waals surface area contributed by atoms with Gasteiger partial charge in [-0.25, -0.2) is 0 Å². The van der Waals surface area contributed by atoms with Crippen LogP contribution in [0.15, 0.2) is 24.3 Å². The molecule has 0 aromatic heterocycles. The SMILES string of the molecule is CN1CCC[C@@](O)(CC(=O)NCc2ccc(C(F)(F)F)cc2)C1. The van der Waals surface area contributed by atoms with Crippen LogP contribution in [-0.4, -0.2) is 41.7 Å². The Morgan fingerprint density at radius 1 is 1.35 bits per heavy atom. The van der Waals surface area contributed by atoms with Gasteiger partial charge in [0.2, 0.25) is 5.91 Å². The van der Waals surface area contributed by atoms with Gasteiger partial charge >= 0.3 is 6.18 Å². The normalized spacial score (nSPS) is 22.8. The summed E-state index contributed by atoms with van der Waals surface area (Å²) in [6, 6.07) is 4.66. The van der Waals surface area contributed by atoms with E-state index >= 15 is 0 Å². The van der Waals surface area contributed by atoms with Crippen molar-refractivity contribution in [3.05, 3.63) is 35.4 Å². The topological polar surface area (TPSA) is 52.6 Å². The number of hydrogen-bond acceptors (Lipinski definition) is 3. The van der Waals surface area contributed by atoms with Gasteiger partial charge in [-0.15, -0.1) is 0 Å². The second-order valence-electron chi connectivity index (χ2n) is 6.21. The van der Waals surface area contributed by atoms with Gasteiger partial charge < -0.3 is 15.3 Å². The summed E-state index contributed by atoms with van der Waals surface area (Å²) in [6.07, 6.45) is -2.96. The number of nitrogens with zero attached hydrogens (tertiary/aromatic N) is 1. The van der Waals surface area contributed by atoms with E-state index < -0.39 is 17.3 Å². The first-order valence-corrected chi connectivity index (χ1v) is 7.52. The Balaban J connectivity index is 1.84. The van der Waals surface area contributed by atoms with E-state index in [1.165, 1.54) is 12.1 Å². The Morgan fingerprint density at radius 2 is 2.00 bits per heavy atom. The molecule has 23 heavy (non-hydrogen) atoms. The molecule has 0 saturated carbocycles. The molecule has 1 aliphatic heterocycles. The molecule has 128 valence electrons. The summed E-state index contributed by atoms with van der Waals surface area (Å²) in [5.74, 6) is -0.303. The third-order valence-electron chi connectivity index (χ3n) is 4.01. The van der Waals surface area contributed by atoms with Crippen molar-refractivity contribution in [2.45, 2.75) is 37.6 Å². The van der Waals surface area contributed by atoms with Crippen LogP contribution in [0.4, 0.5) is 13.2 Å². The molecule has 7 heteroatoms.